The quantitative estimate of drug-likeness (QED) is 0.757. The molecule has 0 bridgehead atoms. The monoisotopic (exact) mass is 439 g/mol. The molecule has 5 unspecified atom stereocenters. The van der Waals surface area contributed by atoms with Gasteiger partial charge in [-0.2, -0.15) is 5.26 Å². The summed E-state index contributed by atoms with van der Waals surface area (Å²) in [4.78, 5) is 17.3. The number of piperazine rings is 1. The average molecular weight is 440 g/mol. The Bertz CT molecular complexity index is 901. The number of amides is 1. The molecule has 1 saturated carbocycles. The molecule has 1 aliphatic carbocycles. The number of rotatable bonds is 3. The van der Waals surface area contributed by atoms with Gasteiger partial charge < -0.3 is 15.5 Å². The largest absolute Gasteiger partial charge is 0.364 e. The predicted molar refractivity (Wildman–Crippen MR) is 122 cm³/mol. The van der Waals surface area contributed by atoms with Crippen LogP contribution in [-0.2, 0) is 4.79 Å². The van der Waals surface area contributed by atoms with E-state index in [4.69, 9.17) is 5.26 Å². The van der Waals surface area contributed by atoms with Crippen LogP contribution >= 0.6 is 0 Å². The van der Waals surface area contributed by atoms with E-state index in [2.05, 4.69) is 27.4 Å². The third-order valence-corrected chi connectivity index (χ3v) is 8.26. The maximum atomic E-state index is 14.5. The molecular weight excluding hydrogens is 405 g/mol. The van der Waals surface area contributed by atoms with Crippen molar-refractivity contribution in [3.05, 3.63) is 29.6 Å². The maximum Gasteiger partial charge on any atom is 0.224 e. The molecule has 5 rings (SSSR count). The summed E-state index contributed by atoms with van der Waals surface area (Å²) in [5.41, 5.74) is 0.953. The summed E-state index contributed by atoms with van der Waals surface area (Å²) in [6.07, 6.45) is 5.61. The zero-order valence-corrected chi connectivity index (χ0v) is 18.9. The van der Waals surface area contributed by atoms with E-state index in [9.17, 15) is 9.18 Å². The van der Waals surface area contributed by atoms with Gasteiger partial charge in [0.2, 0.25) is 5.91 Å². The molecule has 2 N–H and O–H groups in total. The molecule has 1 amide bonds. The van der Waals surface area contributed by atoms with Crippen LogP contribution in [0.5, 0.6) is 0 Å². The minimum atomic E-state index is -0.315. The number of hydrogen-bond acceptors (Lipinski definition) is 5. The Morgan fingerprint density at radius 2 is 2.12 bits per heavy atom. The van der Waals surface area contributed by atoms with Gasteiger partial charge in [0.15, 0.2) is 0 Å². The summed E-state index contributed by atoms with van der Waals surface area (Å²) in [6, 6.07) is 7.65. The standard InChI is InChI=1S/C25H34FN5O/c1-16-14-30(9-10-31(16)23-7-5-17(13-27)11-21(23)26)15-18-4-6-19-22(12-18)29-25(32)20-3-2-8-28-24(19)20/h5,7,11,16,18-20,22,24,28H,2-4,6,8-10,12,14-15H2,1H3,(H,29,32)/t16-,18?,19?,20?,22?,24?/m1/s1. The third kappa shape index (κ3) is 4.11. The Morgan fingerprint density at radius 3 is 2.91 bits per heavy atom. The molecule has 3 saturated heterocycles. The first-order chi connectivity index (χ1) is 15.5. The van der Waals surface area contributed by atoms with Crippen LogP contribution in [0.1, 0.15) is 44.6 Å². The number of fused-ring (bicyclic) bond motifs is 3. The minimum Gasteiger partial charge on any atom is -0.364 e. The molecule has 1 aromatic carbocycles. The van der Waals surface area contributed by atoms with Crippen molar-refractivity contribution in [3.8, 4) is 6.07 Å². The SMILES string of the molecule is C[C@@H]1CN(CC2CCC3C(C2)NC(=O)C2CCCNC23)CCN1c1ccc(C#N)cc1F. The van der Waals surface area contributed by atoms with Crippen LogP contribution < -0.4 is 15.5 Å². The van der Waals surface area contributed by atoms with Gasteiger partial charge in [-0.15, -0.1) is 0 Å². The van der Waals surface area contributed by atoms with Crippen molar-refractivity contribution in [2.24, 2.45) is 17.8 Å². The number of nitriles is 1. The highest BCUT2D eigenvalue weighted by molar-refractivity contribution is 5.81. The van der Waals surface area contributed by atoms with Crippen LogP contribution in [0.4, 0.5) is 10.1 Å². The average Bonchev–Trinajstić information content (AvgIpc) is 2.79. The number of nitrogens with zero attached hydrogens (tertiary/aromatic N) is 3. The van der Waals surface area contributed by atoms with Crippen molar-refractivity contribution in [3.63, 3.8) is 0 Å². The van der Waals surface area contributed by atoms with E-state index in [0.29, 0.717) is 35.2 Å². The van der Waals surface area contributed by atoms with Crippen LogP contribution in [0.3, 0.4) is 0 Å². The van der Waals surface area contributed by atoms with Gasteiger partial charge in [0, 0.05) is 44.3 Å². The molecule has 0 radical (unpaired) electrons. The second kappa shape index (κ2) is 8.99. The van der Waals surface area contributed by atoms with Crippen molar-refractivity contribution in [1.82, 2.24) is 15.5 Å². The Labute approximate surface area is 190 Å². The molecule has 32 heavy (non-hydrogen) atoms. The number of carbonyl (C=O) groups excluding carboxylic acids is 1. The molecule has 1 aromatic rings. The molecule has 4 aliphatic rings. The summed E-state index contributed by atoms with van der Waals surface area (Å²) in [5, 5.41) is 16.0. The van der Waals surface area contributed by atoms with Crippen LogP contribution in [0, 0.1) is 34.9 Å². The molecular formula is C25H34FN5O. The van der Waals surface area contributed by atoms with Crippen LogP contribution in [0.25, 0.3) is 0 Å². The lowest BCUT2D eigenvalue weighted by Gasteiger charge is -2.50. The van der Waals surface area contributed by atoms with Gasteiger partial charge in [0.25, 0.3) is 0 Å². The summed E-state index contributed by atoms with van der Waals surface area (Å²) >= 11 is 0. The summed E-state index contributed by atoms with van der Waals surface area (Å²) in [5.74, 6) is 1.28. The van der Waals surface area contributed by atoms with Gasteiger partial charge in [0.05, 0.1) is 23.2 Å². The summed E-state index contributed by atoms with van der Waals surface area (Å²) in [7, 11) is 0. The van der Waals surface area contributed by atoms with Crippen molar-refractivity contribution >= 4 is 11.6 Å². The fourth-order valence-corrected chi connectivity index (χ4v) is 6.72. The van der Waals surface area contributed by atoms with E-state index < -0.39 is 0 Å². The molecule has 6 atom stereocenters. The fraction of sp³-hybridized carbons (Fsp3) is 0.680. The van der Waals surface area contributed by atoms with E-state index in [1.807, 2.05) is 6.07 Å². The molecule has 6 nitrogen and oxygen atoms in total. The number of hydrogen-bond donors (Lipinski definition) is 2. The van der Waals surface area contributed by atoms with Crippen LogP contribution in [0.2, 0.25) is 0 Å². The van der Waals surface area contributed by atoms with Gasteiger partial charge in [-0.3, -0.25) is 9.69 Å². The van der Waals surface area contributed by atoms with E-state index in [1.54, 1.807) is 12.1 Å². The lowest BCUT2D eigenvalue weighted by molar-refractivity contribution is -0.133. The zero-order chi connectivity index (χ0) is 22.2. The minimum absolute atomic E-state index is 0.165. The molecule has 4 fully saturated rings. The molecule has 0 spiro atoms. The highest BCUT2D eigenvalue weighted by Crippen LogP contribution is 2.39. The molecule has 3 aliphatic heterocycles. The number of nitrogens with one attached hydrogen (secondary N) is 2. The first kappa shape index (κ1) is 21.7. The van der Waals surface area contributed by atoms with Gasteiger partial charge in [-0.05, 0) is 75.6 Å². The molecule has 0 aromatic heterocycles. The highest BCUT2D eigenvalue weighted by Gasteiger charge is 2.47. The first-order valence-corrected chi connectivity index (χ1v) is 12.3. The molecule has 3 heterocycles. The number of benzene rings is 1. The summed E-state index contributed by atoms with van der Waals surface area (Å²) < 4.78 is 14.5. The lowest BCUT2D eigenvalue weighted by Crippen LogP contribution is -2.64. The Kier molecular flexibility index (Phi) is 6.09. The zero-order valence-electron chi connectivity index (χ0n) is 18.9. The van der Waals surface area contributed by atoms with Crippen molar-refractivity contribution < 1.29 is 9.18 Å². The van der Waals surface area contributed by atoms with E-state index in [-0.39, 0.29) is 23.7 Å². The van der Waals surface area contributed by atoms with E-state index >= 15 is 0 Å². The second-order valence-electron chi connectivity index (χ2n) is 10.3. The van der Waals surface area contributed by atoms with Gasteiger partial charge >= 0.3 is 0 Å². The molecule has 7 heteroatoms. The van der Waals surface area contributed by atoms with Gasteiger partial charge in [0.1, 0.15) is 5.82 Å². The topological polar surface area (TPSA) is 71.4 Å². The number of piperidine rings is 2. The summed E-state index contributed by atoms with van der Waals surface area (Å²) in [6.45, 7) is 6.84. The lowest BCUT2D eigenvalue weighted by atomic mass is 9.67. The highest BCUT2D eigenvalue weighted by atomic mass is 19.1. The van der Waals surface area contributed by atoms with Crippen molar-refractivity contribution in [2.75, 3.05) is 37.6 Å². The predicted octanol–water partition coefficient (Wildman–Crippen LogP) is 2.49. The van der Waals surface area contributed by atoms with Crippen LogP contribution in [-0.4, -0.2) is 61.7 Å². The van der Waals surface area contributed by atoms with E-state index in [0.717, 1.165) is 52.0 Å². The molecule has 172 valence electrons. The Morgan fingerprint density at radius 1 is 1.25 bits per heavy atom. The van der Waals surface area contributed by atoms with Crippen LogP contribution in [0.15, 0.2) is 18.2 Å². The van der Waals surface area contributed by atoms with E-state index in [1.165, 1.54) is 18.9 Å². The maximum absolute atomic E-state index is 14.5. The normalized spacial score (nSPS) is 35.4. The smallest absolute Gasteiger partial charge is 0.224 e. The number of carbonyl (C=O) groups is 1. The van der Waals surface area contributed by atoms with Gasteiger partial charge in [-0.25, -0.2) is 4.39 Å². The van der Waals surface area contributed by atoms with Gasteiger partial charge in [-0.1, -0.05) is 0 Å². The van der Waals surface area contributed by atoms with Crippen molar-refractivity contribution in [1.29, 1.82) is 5.26 Å². The second-order valence-corrected chi connectivity index (χ2v) is 10.3. The fourth-order valence-electron chi connectivity index (χ4n) is 6.72. The van der Waals surface area contributed by atoms with Crippen molar-refractivity contribution in [2.45, 2.75) is 57.2 Å². The number of halogens is 1. The number of anilines is 1. The Hall–Kier alpha value is -2.17. The third-order valence-electron chi connectivity index (χ3n) is 8.26. The Balaban J connectivity index is 1.17. The first-order valence-electron chi connectivity index (χ1n) is 12.3.